The second-order valence-electron chi connectivity index (χ2n) is 19.2. The third-order valence-electron chi connectivity index (χ3n) is 10.4. The van der Waals surface area contributed by atoms with E-state index in [2.05, 4.69) is 120 Å². The summed E-state index contributed by atoms with van der Waals surface area (Å²) >= 11 is 1.09. The van der Waals surface area contributed by atoms with E-state index in [-0.39, 0.29) is 21.7 Å². The van der Waals surface area contributed by atoms with Crippen LogP contribution >= 0.6 is 0 Å². The number of fused-ring (bicyclic) bond motifs is 4. The van der Waals surface area contributed by atoms with Gasteiger partial charge in [0.15, 0.2) is 0 Å². The van der Waals surface area contributed by atoms with Crippen LogP contribution in [0.1, 0.15) is 140 Å². The maximum atomic E-state index is 12.9. The summed E-state index contributed by atoms with van der Waals surface area (Å²) in [6.45, 7) is 28.0. The molecule has 0 radical (unpaired) electrons. The molecule has 0 fully saturated rings. The van der Waals surface area contributed by atoms with E-state index in [4.69, 9.17) is 0 Å². The van der Waals surface area contributed by atoms with Crippen molar-refractivity contribution in [1.29, 1.82) is 0 Å². The smallest absolute Gasteiger partial charge is 0.109 e. The van der Waals surface area contributed by atoms with E-state index in [0.29, 0.717) is 5.56 Å². The van der Waals surface area contributed by atoms with E-state index < -0.39 is 11.7 Å². The van der Waals surface area contributed by atoms with Gasteiger partial charge in [0.2, 0.25) is 0 Å². The molecule has 4 heteroatoms. The number of rotatable bonds is 2. The molecule has 0 saturated carbocycles. The SMILES string of the molecule is CC(C)(C)c1[c-]c2c(cc1C(C)(C)C)-c1cc(C(C)(C)C)c(C(C)(C)C)cc1C2.FC(F)(F)c1cccc([C](=[Zr+2])c2cccc3ccccc23)c1.[C-]1=CC=CC1. The molecule has 0 aliphatic heterocycles. The summed E-state index contributed by atoms with van der Waals surface area (Å²) < 4.78 is 39.6. The van der Waals surface area contributed by atoms with Crippen LogP contribution in [0, 0.1) is 12.1 Å². The van der Waals surface area contributed by atoms with Crippen molar-refractivity contribution in [2.45, 2.75) is 124 Å². The van der Waals surface area contributed by atoms with Crippen molar-refractivity contribution in [3.05, 3.63) is 165 Å². The van der Waals surface area contributed by atoms with Crippen LogP contribution < -0.4 is 0 Å². The molecule has 56 heavy (non-hydrogen) atoms. The molecule has 0 N–H and O–H groups in total. The predicted octanol–water partition coefficient (Wildman–Crippen LogP) is 14.5. The molecule has 0 nitrogen and oxygen atoms in total. The Morgan fingerprint density at radius 2 is 1.21 bits per heavy atom. The van der Waals surface area contributed by atoms with Crippen molar-refractivity contribution in [3.8, 4) is 11.1 Å². The number of benzene rings is 5. The minimum Gasteiger partial charge on any atom is -0.273 e. The van der Waals surface area contributed by atoms with Crippen molar-refractivity contribution < 1.29 is 37.4 Å². The molecular formula is C52H57F3Zr. The molecule has 7 rings (SSSR count). The Labute approximate surface area is 349 Å². The molecule has 0 spiro atoms. The molecule has 290 valence electrons. The predicted molar refractivity (Wildman–Crippen MR) is 228 cm³/mol. The minimum absolute atomic E-state index is 0.0968. The number of hydrogen-bond donors (Lipinski definition) is 0. The van der Waals surface area contributed by atoms with Gasteiger partial charge < -0.3 is 0 Å². The second kappa shape index (κ2) is 16.3. The maximum absolute atomic E-state index is 12.9. The molecule has 0 atom stereocenters. The Hall–Kier alpha value is -3.62. The van der Waals surface area contributed by atoms with Gasteiger partial charge in [-0.25, -0.2) is 12.2 Å². The second-order valence-corrected chi connectivity index (χ2v) is 20.4. The summed E-state index contributed by atoms with van der Waals surface area (Å²) in [5, 5.41) is 2.15. The molecule has 0 heterocycles. The Morgan fingerprint density at radius 1 is 0.625 bits per heavy atom. The molecule has 5 aromatic carbocycles. The van der Waals surface area contributed by atoms with Crippen molar-refractivity contribution >= 4 is 14.0 Å². The van der Waals surface area contributed by atoms with Crippen LogP contribution in [0.25, 0.3) is 21.9 Å². The summed E-state index contributed by atoms with van der Waals surface area (Å²) in [7, 11) is 0. The van der Waals surface area contributed by atoms with Crippen LogP contribution in [0.5, 0.6) is 0 Å². The monoisotopic (exact) mass is 828 g/mol. The fourth-order valence-corrected chi connectivity index (χ4v) is 8.33. The maximum Gasteiger partial charge on any atom is -0.109 e. The zero-order valence-corrected chi connectivity index (χ0v) is 37.8. The van der Waals surface area contributed by atoms with Gasteiger partial charge in [0, 0.05) is 0 Å². The topological polar surface area (TPSA) is 0 Å². The standard InChI is InChI=1S/C29H41.C18H11F3.C5H5.Zr/c1-26(2,3)22-14-18-13-19-15-23(27(4,5)6)25(29(10,11)12)17-21(19)20(18)16-24(22)28(7,8)9;19-18(20,21)16-9-3-5-13(12-16)11-15-8-4-7-14-6-1-2-10-17(14)15;1-2-4-5-3-1;/h14,16-17H,13H2,1-12H3;1-10,12H;1-3H,4H2;/q-1;;-1;+2. The molecular weight excluding hydrogens is 773 g/mol. The average Bonchev–Trinajstić information content (AvgIpc) is 3.80. The molecule has 0 bridgehead atoms. The van der Waals surface area contributed by atoms with Crippen LogP contribution in [0.15, 0.2) is 103 Å². The zero-order chi connectivity index (χ0) is 41.4. The van der Waals surface area contributed by atoms with Gasteiger partial charge >= 0.3 is 141 Å². The van der Waals surface area contributed by atoms with Gasteiger partial charge in [0.05, 0.1) is 0 Å². The first-order valence-corrected chi connectivity index (χ1v) is 20.8. The van der Waals surface area contributed by atoms with Gasteiger partial charge in [-0.1, -0.05) is 106 Å². The first-order valence-electron chi connectivity index (χ1n) is 19.6. The van der Waals surface area contributed by atoms with Crippen LogP contribution in [0.3, 0.4) is 0 Å². The number of hydrogen-bond acceptors (Lipinski definition) is 0. The first-order chi connectivity index (χ1) is 25.9. The van der Waals surface area contributed by atoms with Gasteiger partial charge in [-0.15, -0.1) is 23.1 Å². The first kappa shape index (κ1) is 43.5. The summed E-state index contributed by atoms with van der Waals surface area (Å²) in [5.74, 6) is 0. The summed E-state index contributed by atoms with van der Waals surface area (Å²) in [4.78, 5) is 0. The van der Waals surface area contributed by atoms with Gasteiger partial charge in [-0.2, -0.15) is 23.8 Å². The molecule has 0 aromatic heterocycles. The van der Waals surface area contributed by atoms with Crippen LogP contribution in [-0.4, -0.2) is 3.21 Å². The van der Waals surface area contributed by atoms with E-state index in [1.807, 2.05) is 54.6 Å². The van der Waals surface area contributed by atoms with Crippen molar-refractivity contribution in [1.82, 2.24) is 0 Å². The third-order valence-corrected chi connectivity index (χ3v) is 11.7. The van der Waals surface area contributed by atoms with Gasteiger partial charge in [0.1, 0.15) is 0 Å². The molecule has 0 saturated heterocycles. The number of allylic oxidation sites excluding steroid dienone is 4. The van der Waals surface area contributed by atoms with Crippen molar-refractivity contribution in [2.24, 2.45) is 0 Å². The largest absolute Gasteiger partial charge is 0.273 e. The molecule has 2 aliphatic rings. The minimum atomic E-state index is -4.31. The van der Waals surface area contributed by atoms with Gasteiger partial charge in [-0.05, 0) is 39.4 Å². The third kappa shape index (κ3) is 10.1. The Kier molecular flexibility index (Phi) is 12.7. The van der Waals surface area contributed by atoms with E-state index in [9.17, 15) is 13.2 Å². The zero-order valence-electron chi connectivity index (χ0n) is 35.4. The Balaban J connectivity index is 0.000000195. The summed E-state index contributed by atoms with van der Waals surface area (Å²) in [5.41, 5.74) is 13.0. The number of alkyl halides is 3. The van der Waals surface area contributed by atoms with Gasteiger partial charge in [-0.3, -0.25) is 6.08 Å². The number of halogens is 3. The molecule has 0 amide bonds. The van der Waals surface area contributed by atoms with E-state index in [0.717, 1.165) is 62.7 Å². The van der Waals surface area contributed by atoms with E-state index in [1.165, 1.54) is 56.6 Å². The van der Waals surface area contributed by atoms with Crippen LogP contribution in [-0.2, 0) is 58.5 Å². The summed E-state index contributed by atoms with van der Waals surface area (Å²) in [6.07, 6.45) is 6.69. The summed E-state index contributed by atoms with van der Waals surface area (Å²) in [6, 6.07) is 30.8. The van der Waals surface area contributed by atoms with Crippen LogP contribution in [0.4, 0.5) is 13.2 Å². The van der Waals surface area contributed by atoms with Crippen LogP contribution in [0.2, 0.25) is 0 Å². The Bertz CT molecular complexity index is 2190. The normalized spacial score (nSPS) is 13.8. The molecule has 5 aromatic rings. The molecule has 0 unspecified atom stereocenters. The van der Waals surface area contributed by atoms with E-state index in [1.54, 1.807) is 6.07 Å². The quantitative estimate of drug-likeness (QED) is 0.153. The van der Waals surface area contributed by atoms with Crippen molar-refractivity contribution in [2.75, 3.05) is 0 Å². The van der Waals surface area contributed by atoms with Crippen molar-refractivity contribution in [3.63, 3.8) is 0 Å². The fourth-order valence-electron chi connectivity index (χ4n) is 7.42. The Morgan fingerprint density at radius 3 is 1.77 bits per heavy atom. The van der Waals surface area contributed by atoms with E-state index >= 15 is 0 Å². The fraction of sp³-hybridized carbons (Fsp3) is 0.365. The van der Waals surface area contributed by atoms with Gasteiger partial charge in [0.25, 0.3) is 0 Å². The molecule has 2 aliphatic carbocycles. The average molecular weight is 830 g/mol.